The number of hydrogen-bond acceptors (Lipinski definition) is 3. The molecule has 1 aromatic rings. The first-order valence-corrected chi connectivity index (χ1v) is 6.22. The molecule has 5 heteroatoms. The summed E-state index contributed by atoms with van der Waals surface area (Å²) in [5, 5.41) is 6.26. The zero-order chi connectivity index (χ0) is 12.5. The summed E-state index contributed by atoms with van der Waals surface area (Å²) in [5.41, 5.74) is 1.06. The van der Waals surface area contributed by atoms with Crippen LogP contribution in [0.1, 0.15) is 11.6 Å². The Balaban J connectivity index is 1.85. The van der Waals surface area contributed by atoms with Crippen molar-refractivity contribution in [1.82, 2.24) is 15.5 Å². The molecule has 0 radical (unpaired) electrons. The number of carbonyl (C=O) groups excluding carboxylic acids is 1. The maximum Gasteiger partial charge on any atom is 0.234 e. The highest BCUT2D eigenvalue weighted by Crippen LogP contribution is 2.26. The number of amides is 1. The molecule has 2 atom stereocenters. The van der Waals surface area contributed by atoms with Crippen LogP contribution in [0.3, 0.4) is 0 Å². The molecule has 2 aliphatic heterocycles. The van der Waals surface area contributed by atoms with E-state index in [1.165, 1.54) is 12.1 Å². The summed E-state index contributed by atoms with van der Waals surface area (Å²) in [6.45, 7) is 2.80. The van der Waals surface area contributed by atoms with E-state index in [0.29, 0.717) is 19.1 Å². The number of piperazine rings is 2. The van der Waals surface area contributed by atoms with E-state index in [0.717, 1.165) is 18.7 Å². The van der Waals surface area contributed by atoms with Crippen LogP contribution in [-0.2, 0) is 4.79 Å². The van der Waals surface area contributed by atoms with Crippen molar-refractivity contribution in [2.24, 2.45) is 0 Å². The van der Waals surface area contributed by atoms with Crippen LogP contribution in [0, 0.1) is 5.82 Å². The Morgan fingerprint density at radius 2 is 1.94 bits per heavy atom. The first kappa shape index (κ1) is 11.6. The van der Waals surface area contributed by atoms with E-state index in [1.54, 1.807) is 12.1 Å². The monoisotopic (exact) mass is 249 g/mol. The van der Waals surface area contributed by atoms with Gasteiger partial charge in [0.25, 0.3) is 0 Å². The van der Waals surface area contributed by atoms with Gasteiger partial charge in [-0.3, -0.25) is 9.69 Å². The molecule has 2 unspecified atom stereocenters. The van der Waals surface area contributed by atoms with Gasteiger partial charge in [-0.2, -0.15) is 0 Å². The van der Waals surface area contributed by atoms with Crippen LogP contribution in [0.25, 0.3) is 0 Å². The van der Waals surface area contributed by atoms with Crippen LogP contribution in [0.15, 0.2) is 24.3 Å². The molecule has 18 heavy (non-hydrogen) atoms. The fourth-order valence-corrected chi connectivity index (χ4v) is 2.75. The van der Waals surface area contributed by atoms with Gasteiger partial charge in [-0.05, 0) is 17.7 Å². The van der Waals surface area contributed by atoms with Gasteiger partial charge in [0.2, 0.25) is 5.91 Å². The van der Waals surface area contributed by atoms with Crippen molar-refractivity contribution in [3.05, 3.63) is 35.6 Å². The molecule has 4 nitrogen and oxygen atoms in total. The first-order valence-electron chi connectivity index (χ1n) is 6.22. The number of halogens is 1. The second kappa shape index (κ2) is 4.66. The van der Waals surface area contributed by atoms with Crippen molar-refractivity contribution in [2.45, 2.75) is 12.1 Å². The second-order valence-corrected chi connectivity index (χ2v) is 4.86. The Morgan fingerprint density at radius 3 is 2.72 bits per heavy atom. The summed E-state index contributed by atoms with van der Waals surface area (Å²) >= 11 is 0. The van der Waals surface area contributed by atoms with Gasteiger partial charge in [0, 0.05) is 31.7 Å². The van der Waals surface area contributed by atoms with Crippen LogP contribution in [0.5, 0.6) is 0 Å². The number of hydrogen-bond donors (Lipinski definition) is 2. The smallest absolute Gasteiger partial charge is 0.234 e. The molecule has 1 amide bonds. The molecule has 0 spiro atoms. The number of benzene rings is 1. The molecule has 2 N–H and O–H groups in total. The largest absolute Gasteiger partial charge is 0.353 e. The summed E-state index contributed by atoms with van der Waals surface area (Å²) in [7, 11) is 0. The molecular formula is C13H16FN3O. The van der Waals surface area contributed by atoms with Gasteiger partial charge in [-0.1, -0.05) is 12.1 Å². The maximum absolute atomic E-state index is 13.0. The molecule has 0 aliphatic carbocycles. The lowest BCUT2D eigenvalue weighted by atomic mass is 9.98. The predicted molar refractivity (Wildman–Crippen MR) is 65.5 cm³/mol. The third-order valence-electron chi connectivity index (χ3n) is 3.70. The average molecular weight is 249 g/mol. The minimum Gasteiger partial charge on any atom is -0.353 e. The molecule has 0 aromatic heterocycles. The molecule has 0 saturated carbocycles. The predicted octanol–water partition coefficient (Wildman–Crippen LogP) is 0.270. The van der Waals surface area contributed by atoms with Gasteiger partial charge < -0.3 is 10.6 Å². The fourth-order valence-electron chi connectivity index (χ4n) is 2.75. The van der Waals surface area contributed by atoms with Crippen molar-refractivity contribution < 1.29 is 9.18 Å². The standard InChI is InChI=1S/C13H16FN3O/c14-10-3-1-9(2-4-10)12-7-15-5-11-6-16-13(18)8-17(11)12/h1-4,11-12,15H,5-8H2,(H,16,18). The van der Waals surface area contributed by atoms with E-state index >= 15 is 0 Å². The van der Waals surface area contributed by atoms with Gasteiger partial charge in [0.15, 0.2) is 0 Å². The van der Waals surface area contributed by atoms with E-state index < -0.39 is 0 Å². The minimum atomic E-state index is -0.226. The Labute approximate surface area is 105 Å². The highest BCUT2D eigenvalue weighted by atomic mass is 19.1. The molecule has 2 aliphatic rings. The number of rotatable bonds is 1. The maximum atomic E-state index is 13.0. The van der Waals surface area contributed by atoms with E-state index in [9.17, 15) is 9.18 Å². The van der Waals surface area contributed by atoms with Crippen LogP contribution < -0.4 is 10.6 Å². The third kappa shape index (κ3) is 2.11. The molecule has 2 saturated heterocycles. The number of fused-ring (bicyclic) bond motifs is 1. The SMILES string of the molecule is O=C1CN2C(CNCC2c2ccc(F)cc2)CN1. The number of nitrogens with one attached hydrogen (secondary N) is 2. The lowest BCUT2D eigenvalue weighted by molar-refractivity contribution is -0.127. The van der Waals surface area contributed by atoms with Gasteiger partial charge in [-0.25, -0.2) is 4.39 Å². The number of nitrogens with zero attached hydrogens (tertiary/aromatic N) is 1. The van der Waals surface area contributed by atoms with Gasteiger partial charge in [-0.15, -0.1) is 0 Å². The lowest BCUT2D eigenvalue weighted by Crippen LogP contribution is -2.62. The Hall–Kier alpha value is -1.46. The average Bonchev–Trinajstić information content (AvgIpc) is 2.39. The zero-order valence-corrected chi connectivity index (χ0v) is 10.0. The summed E-state index contributed by atoms with van der Waals surface area (Å²) in [4.78, 5) is 13.7. The fraction of sp³-hybridized carbons (Fsp3) is 0.462. The third-order valence-corrected chi connectivity index (χ3v) is 3.70. The van der Waals surface area contributed by atoms with Crippen LogP contribution in [-0.4, -0.2) is 43.0 Å². The normalized spacial score (nSPS) is 28.6. The number of carbonyl (C=O) groups is 1. The van der Waals surface area contributed by atoms with Crippen molar-refractivity contribution in [1.29, 1.82) is 0 Å². The van der Waals surface area contributed by atoms with Crippen LogP contribution >= 0.6 is 0 Å². The first-order chi connectivity index (χ1) is 8.74. The van der Waals surface area contributed by atoms with E-state index in [4.69, 9.17) is 0 Å². The molecule has 1 aromatic carbocycles. The molecular weight excluding hydrogens is 233 g/mol. The molecule has 0 bridgehead atoms. The van der Waals surface area contributed by atoms with E-state index in [-0.39, 0.29) is 17.8 Å². The van der Waals surface area contributed by atoms with E-state index in [2.05, 4.69) is 15.5 Å². The second-order valence-electron chi connectivity index (χ2n) is 4.86. The molecule has 96 valence electrons. The van der Waals surface area contributed by atoms with Crippen molar-refractivity contribution >= 4 is 5.91 Å². The summed E-state index contributed by atoms with van der Waals surface area (Å²) < 4.78 is 13.0. The topological polar surface area (TPSA) is 44.4 Å². The molecule has 2 fully saturated rings. The Morgan fingerprint density at radius 1 is 1.17 bits per heavy atom. The summed E-state index contributed by atoms with van der Waals surface area (Å²) in [6, 6.07) is 7.03. The Bertz CT molecular complexity index is 448. The van der Waals surface area contributed by atoms with Gasteiger partial charge in [0.1, 0.15) is 5.82 Å². The van der Waals surface area contributed by atoms with Crippen LogP contribution in [0.4, 0.5) is 4.39 Å². The quantitative estimate of drug-likeness (QED) is 0.751. The summed E-state index contributed by atoms with van der Waals surface area (Å²) in [6.07, 6.45) is 0. The molecule has 3 rings (SSSR count). The highest BCUT2D eigenvalue weighted by Gasteiger charge is 2.35. The van der Waals surface area contributed by atoms with Crippen LogP contribution in [0.2, 0.25) is 0 Å². The summed E-state index contributed by atoms with van der Waals surface area (Å²) in [5.74, 6) is -0.157. The zero-order valence-electron chi connectivity index (χ0n) is 10.0. The van der Waals surface area contributed by atoms with Crippen molar-refractivity contribution in [2.75, 3.05) is 26.2 Å². The highest BCUT2D eigenvalue weighted by molar-refractivity contribution is 5.79. The molecule has 2 heterocycles. The van der Waals surface area contributed by atoms with Gasteiger partial charge >= 0.3 is 0 Å². The minimum absolute atomic E-state index is 0.0697. The van der Waals surface area contributed by atoms with E-state index in [1.807, 2.05) is 0 Å². The van der Waals surface area contributed by atoms with Crippen molar-refractivity contribution in [3.63, 3.8) is 0 Å². The van der Waals surface area contributed by atoms with Crippen molar-refractivity contribution in [3.8, 4) is 0 Å². The Kier molecular flexibility index (Phi) is 3.01. The lowest BCUT2D eigenvalue weighted by Gasteiger charge is -2.45. The van der Waals surface area contributed by atoms with Gasteiger partial charge in [0.05, 0.1) is 6.54 Å².